The van der Waals surface area contributed by atoms with Crippen molar-refractivity contribution in [2.75, 3.05) is 18.8 Å². The number of hydrogen-bond donors (Lipinski definition) is 5. The summed E-state index contributed by atoms with van der Waals surface area (Å²) in [6, 6.07) is 0.319. The van der Waals surface area contributed by atoms with Crippen molar-refractivity contribution in [3.8, 4) is 17.2 Å². The predicted octanol–water partition coefficient (Wildman–Crippen LogP) is 8.28. The number of aromatic hydroxyl groups is 1. The molecule has 5 N–H and O–H groups in total. The Kier molecular flexibility index (Phi) is 13.7. The number of ketones is 2. The number of unbranched alkanes of at least 4 members (excludes halogenated alkanes) is 3. The number of fused-ring (bicyclic) bond motifs is 3. The lowest BCUT2D eigenvalue weighted by atomic mass is 9.51. The maximum atomic E-state index is 15.1. The molecular weight excluding hydrogens is 869 g/mol. The summed E-state index contributed by atoms with van der Waals surface area (Å²) < 4.78 is 21.1. The second-order valence-corrected chi connectivity index (χ2v) is 22.3. The van der Waals surface area contributed by atoms with Gasteiger partial charge in [0.1, 0.15) is 28.4 Å². The summed E-state index contributed by atoms with van der Waals surface area (Å²) in [4.78, 5) is 67.5. The average Bonchev–Trinajstić information content (AvgIpc) is 3.87. The van der Waals surface area contributed by atoms with Gasteiger partial charge in [0.25, 0.3) is 0 Å². The Bertz CT molecular complexity index is 2370. The third kappa shape index (κ3) is 9.01. The van der Waals surface area contributed by atoms with Crippen molar-refractivity contribution in [3.05, 3.63) is 69.4 Å². The highest BCUT2D eigenvalue weighted by Gasteiger charge is 2.81. The molecule has 1 saturated carbocycles. The molecule has 13 nitrogen and oxygen atoms in total. The van der Waals surface area contributed by atoms with E-state index in [4.69, 9.17) is 14.2 Å². The number of Topliss-reactive ketones (excluding diaryl/α,β-unsaturated/α-hetero) is 2. The van der Waals surface area contributed by atoms with E-state index in [-0.39, 0.29) is 70.9 Å². The van der Waals surface area contributed by atoms with E-state index in [1.807, 2.05) is 58.5 Å². The lowest BCUT2D eigenvalue weighted by Crippen LogP contribution is -2.72. The van der Waals surface area contributed by atoms with Gasteiger partial charge in [0.15, 0.2) is 22.8 Å². The van der Waals surface area contributed by atoms with Crippen LogP contribution in [-0.2, 0) is 25.5 Å². The first-order chi connectivity index (χ1) is 31.8. The highest BCUT2D eigenvalue weighted by molar-refractivity contribution is 8.00. The first kappa shape index (κ1) is 48.6. The molecule has 4 fully saturated rings. The number of amides is 4. The van der Waals surface area contributed by atoms with E-state index in [2.05, 4.69) is 47.3 Å². The normalized spacial score (nSPS) is 30.1. The summed E-state index contributed by atoms with van der Waals surface area (Å²) in [6.07, 6.45) is 19.4. The largest absolute Gasteiger partial charge is 0.506 e. The summed E-state index contributed by atoms with van der Waals surface area (Å²) in [5, 5.41) is 24.4. The minimum atomic E-state index is -1.61. The lowest BCUT2D eigenvalue weighted by molar-refractivity contribution is -0.171. The highest BCUT2D eigenvalue weighted by Crippen LogP contribution is 2.68. The maximum Gasteiger partial charge on any atom is 0.315 e. The van der Waals surface area contributed by atoms with Crippen molar-refractivity contribution < 1.29 is 43.3 Å². The molecule has 5 aliphatic heterocycles. The summed E-state index contributed by atoms with van der Waals surface area (Å²) in [5.74, 6) is -0.361. The van der Waals surface area contributed by atoms with E-state index in [9.17, 15) is 24.3 Å². The Morgan fingerprint density at radius 2 is 1.66 bits per heavy atom. The number of phenols is 1. The monoisotopic (exact) mass is 938 g/mol. The number of nitrogens with one attached hydrogen (secondary N) is 4. The molecule has 9 rings (SSSR count). The Morgan fingerprint density at radius 1 is 0.910 bits per heavy atom. The molecule has 362 valence electrons. The summed E-state index contributed by atoms with van der Waals surface area (Å²) in [5.41, 5.74) is -0.548. The van der Waals surface area contributed by atoms with Gasteiger partial charge in [0.2, 0.25) is 11.8 Å². The molecule has 3 saturated heterocycles. The number of carbonyl (C=O) groups is 5. The van der Waals surface area contributed by atoms with Gasteiger partial charge in [-0.2, -0.15) is 11.8 Å². The molecule has 5 heterocycles. The van der Waals surface area contributed by atoms with Crippen LogP contribution in [0.25, 0.3) is 6.08 Å². The van der Waals surface area contributed by atoms with Gasteiger partial charge in [-0.15, -0.1) is 0 Å². The van der Waals surface area contributed by atoms with E-state index < -0.39 is 28.3 Å². The molecule has 0 radical (unpaired) electrons. The molecule has 3 aliphatic carbocycles. The number of hydrogen-bond acceptors (Lipinski definition) is 10. The van der Waals surface area contributed by atoms with Crippen LogP contribution in [0.2, 0.25) is 0 Å². The van der Waals surface area contributed by atoms with Crippen molar-refractivity contribution in [2.45, 2.75) is 172 Å². The second kappa shape index (κ2) is 18.9. The van der Waals surface area contributed by atoms with Crippen LogP contribution in [-0.4, -0.2) is 93.1 Å². The van der Waals surface area contributed by atoms with Crippen LogP contribution in [0, 0.1) is 11.8 Å². The van der Waals surface area contributed by atoms with Gasteiger partial charge in [0.05, 0.1) is 23.2 Å². The van der Waals surface area contributed by atoms with Crippen molar-refractivity contribution in [1.82, 2.24) is 21.3 Å². The number of benzene rings is 1. The lowest BCUT2D eigenvalue weighted by Gasteiger charge is -2.56. The van der Waals surface area contributed by atoms with Gasteiger partial charge in [-0.05, 0) is 125 Å². The third-order valence-electron chi connectivity index (χ3n) is 15.0. The first-order valence-electron chi connectivity index (χ1n) is 24.5. The molecule has 4 bridgehead atoms. The summed E-state index contributed by atoms with van der Waals surface area (Å²) in [7, 11) is 0. The zero-order chi connectivity index (χ0) is 48.1. The van der Waals surface area contributed by atoms with Crippen molar-refractivity contribution >= 4 is 47.2 Å². The van der Waals surface area contributed by atoms with E-state index in [0.717, 1.165) is 56.3 Å². The van der Waals surface area contributed by atoms with Crippen molar-refractivity contribution in [3.63, 3.8) is 0 Å². The fourth-order valence-electron chi connectivity index (χ4n) is 11.5. The quantitative estimate of drug-likeness (QED) is 0.0392. The number of rotatable bonds is 19. The van der Waals surface area contributed by atoms with E-state index >= 15 is 4.79 Å². The van der Waals surface area contributed by atoms with Crippen LogP contribution in [0.15, 0.2) is 52.7 Å². The van der Waals surface area contributed by atoms with E-state index in [1.165, 1.54) is 5.57 Å². The number of ether oxygens (including phenoxy) is 3. The van der Waals surface area contributed by atoms with Crippen LogP contribution in [0.3, 0.4) is 0 Å². The van der Waals surface area contributed by atoms with Gasteiger partial charge >= 0.3 is 6.03 Å². The Hall–Kier alpha value is -4.82. The highest BCUT2D eigenvalue weighted by atomic mass is 32.2. The maximum absolute atomic E-state index is 15.1. The number of thioether (sulfide) groups is 1. The second-order valence-electron chi connectivity index (χ2n) is 21.0. The van der Waals surface area contributed by atoms with Gasteiger partial charge < -0.3 is 40.6 Å². The van der Waals surface area contributed by atoms with E-state index in [0.29, 0.717) is 72.0 Å². The van der Waals surface area contributed by atoms with Gasteiger partial charge in [0, 0.05) is 65.5 Å². The van der Waals surface area contributed by atoms with Crippen molar-refractivity contribution in [2.24, 2.45) is 11.8 Å². The fourth-order valence-corrected chi connectivity index (χ4v) is 13.1. The number of urea groups is 1. The number of allylic oxidation sites excluding steroid dienone is 5. The molecule has 1 aromatic carbocycles. The smallest absolute Gasteiger partial charge is 0.315 e. The van der Waals surface area contributed by atoms with Gasteiger partial charge in [-0.1, -0.05) is 41.9 Å². The van der Waals surface area contributed by atoms with Crippen LogP contribution < -0.4 is 30.7 Å². The topological polar surface area (TPSA) is 181 Å². The number of carbonyl (C=O) groups excluding carboxylic acids is 5. The zero-order valence-electron chi connectivity index (χ0n) is 40.6. The van der Waals surface area contributed by atoms with Crippen LogP contribution in [0.4, 0.5) is 4.79 Å². The predicted molar refractivity (Wildman–Crippen MR) is 260 cm³/mol. The Balaban J connectivity index is 0.923. The molecule has 1 spiro atoms. The third-order valence-corrected chi connectivity index (χ3v) is 16.6. The molecular formula is C53H70N4O9S. The Morgan fingerprint density at radius 3 is 2.40 bits per heavy atom. The molecule has 8 atom stereocenters. The minimum Gasteiger partial charge on any atom is -0.506 e. The zero-order valence-corrected chi connectivity index (χ0v) is 41.4. The van der Waals surface area contributed by atoms with Gasteiger partial charge in [-0.25, -0.2) is 4.79 Å². The average molecular weight is 939 g/mol. The summed E-state index contributed by atoms with van der Waals surface area (Å²) >= 11 is 1.89. The van der Waals surface area contributed by atoms with Crippen LogP contribution in [0.1, 0.15) is 148 Å². The van der Waals surface area contributed by atoms with Crippen LogP contribution in [0.5, 0.6) is 17.2 Å². The molecule has 0 unspecified atom stereocenters. The molecule has 1 aromatic rings. The molecule has 0 aromatic heterocycles. The van der Waals surface area contributed by atoms with Crippen molar-refractivity contribution in [1.29, 1.82) is 0 Å². The van der Waals surface area contributed by atoms with Gasteiger partial charge in [-0.3, -0.25) is 19.2 Å². The standard InChI is InChI=1S/C53H70N4O9S/c1-30(2)15-14-22-51(8)23-21-34-43(59)41-44(60)36-27-33-28-39-50(6,7)66-52(47(33)61,53(36,39)65-46(41)35(45(34)64-51)19-18-31(3)4)24-20-32(5)48(62)55-26-13-9-12-25-54-40(58)17-11-10-16-38-42-37(29-67-38)56-49(63)57-42/h15,18,20-21,23,27,33,37-39,42,59H,9-14,16-17,19,22,24-26,28-29H2,1-8H3,(H,54,58)(H,55,62)(H2,56,57,63)/b32-20-/t33-,37+,38+,39+,42+,51-,52+,53-/m1/s1. The fraction of sp³-hybridized carbons (Fsp3) is 0.604. The molecule has 14 heteroatoms. The molecule has 8 aliphatic rings. The van der Waals surface area contributed by atoms with Crippen LogP contribution >= 0.6 is 11.8 Å². The first-order valence-corrected chi connectivity index (χ1v) is 25.5. The molecule has 67 heavy (non-hydrogen) atoms. The van der Waals surface area contributed by atoms with E-state index in [1.54, 1.807) is 19.1 Å². The molecule has 4 amide bonds. The number of phenolic OH excluding ortho intramolecular Hbond substituents is 1. The Labute approximate surface area is 399 Å². The SMILES string of the molecule is CC(C)=CCC[C@]1(C)C=Cc2c(O)c3c(c(CC=C(C)C)c2O1)O[C@]12C(=C[C@@H]4C[C@H]1C(C)(C)O[C@@]2(C/C=C(/C)C(=O)NCCCCCNC(=O)CCCC[C@@H]1SC[C@@H]2NC(=O)N[C@@H]21)C4=O)C3=O. The summed E-state index contributed by atoms with van der Waals surface area (Å²) in [6.45, 7) is 16.8. The minimum absolute atomic E-state index is 0.0132.